The third-order valence-electron chi connectivity index (χ3n) is 6.02. The molecule has 2 saturated heterocycles. The number of carbonyl (C=O) groups is 2. The van der Waals surface area contributed by atoms with Gasteiger partial charge in [-0.2, -0.15) is 0 Å². The van der Waals surface area contributed by atoms with E-state index in [1.807, 2.05) is 20.8 Å². The topological polar surface area (TPSA) is 92.9 Å². The highest BCUT2D eigenvalue weighted by molar-refractivity contribution is 5.90. The average molecular weight is 296 g/mol. The number of rotatable bonds is 2. The summed E-state index contributed by atoms with van der Waals surface area (Å²) in [6, 6.07) is 0. The van der Waals surface area contributed by atoms with Crippen molar-refractivity contribution >= 4 is 11.9 Å². The normalized spacial score (nSPS) is 44.3. The Balaban J connectivity index is 1.81. The first-order valence-corrected chi connectivity index (χ1v) is 7.64. The number of carboxylic acid groups (broad SMARTS) is 1. The number of fused-ring (bicyclic) bond motifs is 1. The van der Waals surface area contributed by atoms with Gasteiger partial charge in [0.05, 0.1) is 12.0 Å². The van der Waals surface area contributed by atoms with Crippen molar-refractivity contribution in [3.63, 3.8) is 0 Å². The predicted octanol–water partition coefficient (Wildman–Crippen LogP) is 0.308. The number of carboxylic acids is 1. The Morgan fingerprint density at radius 1 is 1.33 bits per heavy atom. The highest BCUT2D eigenvalue weighted by Crippen LogP contribution is 2.58. The average Bonchev–Trinajstić information content (AvgIpc) is 3.02. The Morgan fingerprint density at radius 3 is 2.57 bits per heavy atom. The number of likely N-dealkylation sites (tertiary alicyclic amines) is 1. The lowest BCUT2D eigenvalue weighted by Crippen LogP contribution is -2.80. The number of amides is 1. The minimum absolute atomic E-state index is 0.0335. The summed E-state index contributed by atoms with van der Waals surface area (Å²) in [4.78, 5) is 25.9. The van der Waals surface area contributed by atoms with Gasteiger partial charge in [-0.05, 0) is 12.3 Å². The lowest BCUT2D eigenvalue weighted by molar-refractivity contribution is -0.183. The van der Waals surface area contributed by atoms with Crippen LogP contribution < -0.4 is 5.73 Å². The number of hydrogen-bond acceptors (Lipinski definition) is 4. The van der Waals surface area contributed by atoms with E-state index in [0.717, 1.165) is 6.42 Å². The van der Waals surface area contributed by atoms with E-state index in [4.69, 9.17) is 10.5 Å². The Kier molecular flexibility index (Phi) is 3.12. The molecule has 1 aliphatic carbocycles. The third-order valence-corrected chi connectivity index (χ3v) is 6.02. The van der Waals surface area contributed by atoms with Crippen LogP contribution in [-0.2, 0) is 14.3 Å². The molecule has 1 saturated carbocycles. The molecule has 0 spiro atoms. The zero-order valence-electron chi connectivity index (χ0n) is 12.8. The molecule has 6 nitrogen and oxygen atoms in total. The van der Waals surface area contributed by atoms with Crippen molar-refractivity contribution in [3.8, 4) is 0 Å². The molecular formula is C15H24N2O4. The van der Waals surface area contributed by atoms with Gasteiger partial charge in [0.2, 0.25) is 5.91 Å². The molecule has 0 aromatic rings. The second-order valence-corrected chi connectivity index (χ2v) is 7.41. The number of ether oxygens (including phenoxy) is 1. The van der Waals surface area contributed by atoms with Crippen LogP contribution in [0, 0.1) is 23.2 Å². The van der Waals surface area contributed by atoms with E-state index in [-0.39, 0.29) is 30.4 Å². The molecule has 3 rings (SSSR count). The SMILES string of the molecule is CC1CN(C(=O)C2(N)C3CCOC3C2(C)C)CC1C(=O)O. The fraction of sp³-hybridized carbons (Fsp3) is 0.867. The van der Waals surface area contributed by atoms with E-state index in [2.05, 4.69) is 0 Å². The highest BCUT2D eigenvalue weighted by Gasteiger charge is 2.72. The van der Waals surface area contributed by atoms with Crippen molar-refractivity contribution in [2.24, 2.45) is 28.9 Å². The largest absolute Gasteiger partial charge is 0.481 e. The molecule has 118 valence electrons. The van der Waals surface area contributed by atoms with Crippen LogP contribution in [0.25, 0.3) is 0 Å². The quantitative estimate of drug-likeness (QED) is 0.765. The molecule has 21 heavy (non-hydrogen) atoms. The molecule has 0 bridgehead atoms. The van der Waals surface area contributed by atoms with Gasteiger partial charge in [0.25, 0.3) is 0 Å². The summed E-state index contributed by atoms with van der Waals surface area (Å²) in [5, 5.41) is 9.22. The Morgan fingerprint density at radius 2 is 2.00 bits per heavy atom. The summed E-state index contributed by atoms with van der Waals surface area (Å²) in [6.07, 6.45) is 0.851. The standard InChI is InChI=1S/C15H24N2O4/c1-8-6-17(7-9(8)12(18)19)13(20)15(16)10-4-5-21-11(10)14(15,2)3/h8-11H,4-7,16H2,1-3H3,(H,18,19). The van der Waals surface area contributed by atoms with E-state index in [1.54, 1.807) is 4.90 Å². The van der Waals surface area contributed by atoms with Crippen LogP contribution in [0.1, 0.15) is 27.2 Å². The van der Waals surface area contributed by atoms with Crippen LogP contribution in [0.15, 0.2) is 0 Å². The summed E-state index contributed by atoms with van der Waals surface area (Å²) >= 11 is 0. The molecule has 5 atom stereocenters. The number of nitrogens with zero attached hydrogens (tertiary/aromatic N) is 1. The van der Waals surface area contributed by atoms with Crippen molar-refractivity contribution in [2.45, 2.75) is 38.8 Å². The van der Waals surface area contributed by atoms with Gasteiger partial charge in [-0.15, -0.1) is 0 Å². The Bertz CT molecular complexity index is 492. The van der Waals surface area contributed by atoms with Gasteiger partial charge in [0.1, 0.15) is 5.54 Å². The fourth-order valence-corrected chi connectivity index (χ4v) is 4.53. The summed E-state index contributed by atoms with van der Waals surface area (Å²) < 4.78 is 5.71. The second kappa shape index (κ2) is 4.43. The highest BCUT2D eigenvalue weighted by atomic mass is 16.5. The maximum Gasteiger partial charge on any atom is 0.308 e. The zero-order valence-corrected chi connectivity index (χ0v) is 12.8. The van der Waals surface area contributed by atoms with Gasteiger partial charge in [-0.25, -0.2) is 0 Å². The fourth-order valence-electron chi connectivity index (χ4n) is 4.53. The molecule has 0 aromatic heterocycles. The Labute approximate surface area is 124 Å². The molecule has 3 N–H and O–H groups in total. The summed E-state index contributed by atoms with van der Waals surface area (Å²) in [7, 11) is 0. The predicted molar refractivity (Wildman–Crippen MR) is 75.4 cm³/mol. The molecular weight excluding hydrogens is 272 g/mol. The first-order valence-electron chi connectivity index (χ1n) is 7.64. The van der Waals surface area contributed by atoms with Gasteiger partial charge in [0, 0.05) is 31.0 Å². The monoisotopic (exact) mass is 296 g/mol. The van der Waals surface area contributed by atoms with Gasteiger partial charge in [-0.1, -0.05) is 20.8 Å². The van der Waals surface area contributed by atoms with Crippen LogP contribution >= 0.6 is 0 Å². The minimum atomic E-state index is -0.929. The Hall–Kier alpha value is -1.14. The van der Waals surface area contributed by atoms with Crippen LogP contribution in [0.5, 0.6) is 0 Å². The van der Waals surface area contributed by atoms with Crippen molar-refractivity contribution in [1.29, 1.82) is 0 Å². The third kappa shape index (κ3) is 1.72. The molecule has 2 aliphatic heterocycles. The summed E-state index contributed by atoms with van der Waals surface area (Å²) in [5.41, 5.74) is 5.20. The maximum atomic E-state index is 13.0. The number of nitrogens with two attached hydrogens (primary N) is 1. The van der Waals surface area contributed by atoms with Crippen molar-refractivity contribution < 1.29 is 19.4 Å². The lowest BCUT2D eigenvalue weighted by atomic mass is 9.47. The van der Waals surface area contributed by atoms with Crippen LogP contribution in [0.2, 0.25) is 0 Å². The molecule has 3 fully saturated rings. The molecule has 0 radical (unpaired) electrons. The minimum Gasteiger partial charge on any atom is -0.481 e. The van der Waals surface area contributed by atoms with Crippen LogP contribution in [0.3, 0.4) is 0 Å². The number of hydrogen-bond donors (Lipinski definition) is 2. The van der Waals surface area contributed by atoms with E-state index >= 15 is 0 Å². The summed E-state index contributed by atoms with van der Waals surface area (Å²) in [5.74, 6) is -1.40. The van der Waals surface area contributed by atoms with E-state index < -0.39 is 22.8 Å². The molecule has 1 amide bonds. The second-order valence-electron chi connectivity index (χ2n) is 7.41. The van der Waals surface area contributed by atoms with Gasteiger partial charge < -0.3 is 20.5 Å². The van der Waals surface area contributed by atoms with E-state index in [0.29, 0.717) is 13.2 Å². The zero-order chi connectivity index (χ0) is 15.6. The molecule has 6 heteroatoms. The van der Waals surface area contributed by atoms with Crippen LogP contribution in [0.4, 0.5) is 0 Å². The molecule has 2 heterocycles. The molecule has 5 unspecified atom stereocenters. The van der Waals surface area contributed by atoms with E-state index in [9.17, 15) is 14.7 Å². The van der Waals surface area contributed by atoms with E-state index in [1.165, 1.54) is 0 Å². The summed E-state index contributed by atoms with van der Waals surface area (Å²) in [6.45, 7) is 7.23. The molecule has 3 aliphatic rings. The number of carbonyl (C=O) groups excluding carboxylic acids is 1. The van der Waals surface area contributed by atoms with Gasteiger partial charge in [-0.3, -0.25) is 9.59 Å². The smallest absolute Gasteiger partial charge is 0.308 e. The van der Waals surface area contributed by atoms with Crippen molar-refractivity contribution in [1.82, 2.24) is 4.90 Å². The van der Waals surface area contributed by atoms with Gasteiger partial charge >= 0.3 is 5.97 Å². The first-order chi connectivity index (χ1) is 9.71. The maximum absolute atomic E-state index is 13.0. The van der Waals surface area contributed by atoms with Gasteiger partial charge in [0.15, 0.2) is 0 Å². The lowest BCUT2D eigenvalue weighted by Gasteiger charge is -2.61. The molecule has 0 aromatic carbocycles. The number of aliphatic carboxylic acids is 1. The first kappa shape index (κ1) is 14.8. The van der Waals surface area contributed by atoms with Crippen LogP contribution in [-0.4, -0.2) is 53.2 Å². The van der Waals surface area contributed by atoms with Crippen molar-refractivity contribution in [2.75, 3.05) is 19.7 Å². The van der Waals surface area contributed by atoms with Crippen molar-refractivity contribution in [3.05, 3.63) is 0 Å².